The van der Waals surface area contributed by atoms with E-state index >= 15 is 0 Å². The maximum absolute atomic E-state index is 13.3. The third kappa shape index (κ3) is 5.65. The number of nitrogens with one attached hydrogen (secondary N) is 1. The molecule has 6 nitrogen and oxygen atoms in total. The first-order chi connectivity index (χ1) is 15.7. The normalized spacial score (nSPS) is 24.5. The molecule has 0 aliphatic carbocycles. The quantitative estimate of drug-likeness (QED) is 0.596. The fourth-order valence-corrected chi connectivity index (χ4v) is 9.57. The van der Waals surface area contributed by atoms with Gasteiger partial charge in [0, 0.05) is 18.6 Å². The molecular weight excluding hydrogens is 463 g/mol. The number of nitrogens with zero attached hydrogens (tertiary/aromatic N) is 1. The summed E-state index contributed by atoms with van der Waals surface area (Å²) in [6.07, 6.45) is 3.42. The first-order valence-electron chi connectivity index (χ1n) is 11.4. The fourth-order valence-electron chi connectivity index (χ4n) is 4.85. The van der Waals surface area contributed by atoms with Crippen molar-refractivity contribution >= 4 is 19.7 Å². The van der Waals surface area contributed by atoms with Crippen LogP contribution < -0.4 is 5.32 Å². The molecule has 3 atom stereocenters. The van der Waals surface area contributed by atoms with E-state index in [1.54, 1.807) is 0 Å². The zero-order valence-corrected chi connectivity index (χ0v) is 20.4. The van der Waals surface area contributed by atoms with Gasteiger partial charge in [0.2, 0.25) is 0 Å². The summed E-state index contributed by atoms with van der Waals surface area (Å²) >= 11 is 0. The molecule has 2 aliphatic heterocycles. The van der Waals surface area contributed by atoms with Crippen molar-refractivity contribution in [2.24, 2.45) is 0 Å². The molecule has 2 heterocycles. The van der Waals surface area contributed by atoms with Gasteiger partial charge < -0.3 is 5.32 Å². The Morgan fingerprint density at radius 2 is 1.64 bits per heavy atom. The minimum absolute atomic E-state index is 0.0309. The predicted octanol–water partition coefficient (Wildman–Crippen LogP) is 2.89. The van der Waals surface area contributed by atoms with E-state index in [1.807, 2.05) is 6.92 Å². The third-order valence-electron chi connectivity index (χ3n) is 6.71. The number of hydrogen-bond acceptors (Lipinski definition) is 6. The molecule has 2 aliphatic rings. The predicted molar refractivity (Wildman–Crippen MR) is 127 cm³/mol. The summed E-state index contributed by atoms with van der Waals surface area (Å²) in [4.78, 5) is 2.34. The number of halogens is 1. The summed E-state index contributed by atoms with van der Waals surface area (Å²) in [5, 5.41) is 2.21. The lowest BCUT2D eigenvalue weighted by Gasteiger charge is -2.36. The van der Waals surface area contributed by atoms with E-state index in [2.05, 4.69) is 34.5 Å². The molecule has 33 heavy (non-hydrogen) atoms. The summed E-state index contributed by atoms with van der Waals surface area (Å²) in [6, 6.07) is 12.2. The van der Waals surface area contributed by atoms with Gasteiger partial charge in [0.15, 0.2) is 19.7 Å². The Bertz CT molecular complexity index is 1160. The van der Waals surface area contributed by atoms with Crippen molar-refractivity contribution < 1.29 is 21.2 Å². The first kappa shape index (κ1) is 24.3. The van der Waals surface area contributed by atoms with E-state index in [1.165, 1.54) is 18.6 Å². The summed E-state index contributed by atoms with van der Waals surface area (Å²) < 4.78 is 64.8. The molecule has 1 N–H and O–H groups in total. The van der Waals surface area contributed by atoms with E-state index in [-0.39, 0.29) is 16.7 Å². The van der Waals surface area contributed by atoms with Gasteiger partial charge in [-0.15, -0.1) is 0 Å². The van der Waals surface area contributed by atoms with Crippen LogP contribution >= 0.6 is 0 Å². The Labute approximate surface area is 196 Å². The van der Waals surface area contributed by atoms with E-state index < -0.39 is 42.5 Å². The van der Waals surface area contributed by atoms with Crippen molar-refractivity contribution in [3.8, 4) is 0 Å². The molecule has 0 amide bonds. The van der Waals surface area contributed by atoms with Crippen molar-refractivity contribution in [2.45, 2.75) is 48.4 Å². The van der Waals surface area contributed by atoms with Crippen LogP contribution in [-0.4, -0.2) is 64.2 Å². The molecule has 9 heteroatoms. The number of hydrogen-bond donors (Lipinski definition) is 1. The van der Waals surface area contributed by atoms with Crippen LogP contribution in [-0.2, 0) is 19.7 Å². The Balaban J connectivity index is 1.57. The molecule has 4 rings (SSSR count). The number of aryl methyl sites for hydroxylation is 1. The molecule has 1 unspecified atom stereocenters. The molecule has 2 fully saturated rings. The highest BCUT2D eigenvalue weighted by Crippen LogP contribution is 2.28. The molecule has 2 aromatic carbocycles. The van der Waals surface area contributed by atoms with Crippen LogP contribution in [0.15, 0.2) is 53.4 Å². The second kappa shape index (κ2) is 9.82. The van der Waals surface area contributed by atoms with E-state index in [4.69, 9.17) is 0 Å². The molecule has 2 aromatic rings. The second-order valence-electron chi connectivity index (χ2n) is 9.15. The van der Waals surface area contributed by atoms with Gasteiger partial charge in [-0.1, -0.05) is 36.2 Å². The highest BCUT2D eigenvalue weighted by molar-refractivity contribution is 7.96. The van der Waals surface area contributed by atoms with Gasteiger partial charge >= 0.3 is 0 Å². The van der Waals surface area contributed by atoms with Crippen LogP contribution in [0.4, 0.5) is 4.39 Å². The van der Waals surface area contributed by atoms with Crippen LogP contribution in [0.25, 0.3) is 0 Å². The Kier molecular flexibility index (Phi) is 7.23. The van der Waals surface area contributed by atoms with Gasteiger partial charge in [-0.2, -0.15) is 0 Å². The largest absolute Gasteiger partial charge is 0.310 e. The summed E-state index contributed by atoms with van der Waals surface area (Å²) in [6.45, 7) is 4.41. The van der Waals surface area contributed by atoms with Gasteiger partial charge in [0.1, 0.15) is 5.82 Å². The van der Waals surface area contributed by atoms with Crippen molar-refractivity contribution in [1.29, 1.82) is 0 Å². The van der Waals surface area contributed by atoms with Gasteiger partial charge in [-0.3, -0.25) is 4.90 Å². The zero-order chi connectivity index (χ0) is 23.6. The number of rotatable bonds is 7. The minimum Gasteiger partial charge on any atom is -0.310 e. The standard InChI is InChI=1S/C24H31FN2O4S2/c1-18-5-7-19(8-6-18)23(27-13-3-2-4-14-27)15-26-22-16-32(28,29)17-24(22)33(30,31)21-11-9-20(25)10-12-21/h5-12,22-24,26H,2-4,13-17H2,1H3/t22-,23?,24-/m0/s1. The lowest BCUT2D eigenvalue weighted by atomic mass is 10.00. The van der Waals surface area contributed by atoms with Crippen LogP contribution in [0.1, 0.15) is 36.4 Å². The fraction of sp³-hybridized carbons (Fsp3) is 0.500. The first-order valence-corrected chi connectivity index (χ1v) is 14.8. The smallest absolute Gasteiger partial charge is 0.183 e. The maximum Gasteiger partial charge on any atom is 0.183 e. The topological polar surface area (TPSA) is 83.5 Å². The lowest BCUT2D eigenvalue weighted by Crippen LogP contribution is -2.47. The minimum atomic E-state index is -3.94. The van der Waals surface area contributed by atoms with Crippen LogP contribution in [0.2, 0.25) is 0 Å². The van der Waals surface area contributed by atoms with Crippen molar-refractivity contribution in [1.82, 2.24) is 10.2 Å². The van der Waals surface area contributed by atoms with Crippen LogP contribution in [0.5, 0.6) is 0 Å². The van der Waals surface area contributed by atoms with Gasteiger partial charge in [0.05, 0.1) is 21.7 Å². The highest BCUT2D eigenvalue weighted by Gasteiger charge is 2.46. The summed E-state index contributed by atoms with van der Waals surface area (Å²) in [7, 11) is -7.46. The SMILES string of the molecule is Cc1ccc(C(CN[C@H]2CS(=O)(=O)C[C@@H]2S(=O)(=O)c2ccc(F)cc2)N2CCCCC2)cc1. The molecule has 2 saturated heterocycles. The van der Waals surface area contributed by atoms with Crippen LogP contribution in [0, 0.1) is 12.7 Å². The second-order valence-corrected chi connectivity index (χ2v) is 13.5. The Morgan fingerprint density at radius 1 is 1.00 bits per heavy atom. The molecule has 0 radical (unpaired) electrons. The molecule has 0 saturated carbocycles. The average Bonchev–Trinajstić information content (AvgIpc) is 3.11. The van der Waals surface area contributed by atoms with Crippen molar-refractivity contribution in [3.05, 3.63) is 65.5 Å². The molecule has 0 spiro atoms. The number of piperidine rings is 1. The molecular formula is C24H31FN2O4S2. The van der Waals surface area contributed by atoms with E-state index in [0.717, 1.165) is 49.2 Å². The maximum atomic E-state index is 13.3. The molecule has 180 valence electrons. The monoisotopic (exact) mass is 494 g/mol. The summed E-state index contributed by atoms with van der Waals surface area (Å²) in [5.41, 5.74) is 2.30. The Morgan fingerprint density at radius 3 is 2.27 bits per heavy atom. The van der Waals surface area contributed by atoms with Gasteiger partial charge in [-0.05, 0) is 62.7 Å². The van der Waals surface area contributed by atoms with E-state index in [9.17, 15) is 21.2 Å². The summed E-state index contributed by atoms with van der Waals surface area (Å²) in [5.74, 6) is -1.19. The highest BCUT2D eigenvalue weighted by atomic mass is 32.2. The zero-order valence-electron chi connectivity index (χ0n) is 18.8. The number of benzene rings is 2. The number of likely N-dealkylation sites (tertiary alicyclic amines) is 1. The van der Waals surface area contributed by atoms with Gasteiger partial charge in [-0.25, -0.2) is 21.2 Å². The molecule has 0 bridgehead atoms. The number of sulfone groups is 2. The van der Waals surface area contributed by atoms with Crippen molar-refractivity contribution in [3.63, 3.8) is 0 Å². The molecule has 0 aromatic heterocycles. The van der Waals surface area contributed by atoms with Crippen LogP contribution in [0.3, 0.4) is 0 Å². The van der Waals surface area contributed by atoms with Crippen molar-refractivity contribution in [2.75, 3.05) is 31.1 Å². The lowest BCUT2D eigenvalue weighted by molar-refractivity contribution is 0.158. The Hall–Kier alpha value is -1.81. The van der Waals surface area contributed by atoms with E-state index in [0.29, 0.717) is 6.54 Å². The average molecular weight is 495 g/mol. The third-order valence-corrected chi connectivity index (χ3v) is 10.9. The van der Waals surface area contributed by atoms with Gasteiger partial charge in [0.25, 0.3) is 0 Å².